The molecule has 2 N–H and O–H groups in total. The van der Waals surface area contributed by atoms with Crippen molar-refractivity contribution in [1.29, 1.82) is 0 Å². The number of hydrogen-bond donors (Lipinski definition) is 2. The second-order valence-electron chi connectivity index (χ2n) is 4.90. The predicted molar refractivity (Wildman–Crippen MR) is 66.3 cm³/mol. The number of carbonyl (C=O) groups excluding carboxylic acids is 1. The van der Waals surface area contributed by atoms with Crippen molar-refractivity contribution in [3.05, 3.63) is 21.9 Å². The van der Waals surface area contributed by atoms with Crippen molar-refractivity contribution in [3.63, 3.8) is 0 Å². The largest absolute Gasteiger partial charge is 0.391 e. The van der Waals surface area contributed by atoms with Crippen molar-refractivity contribution >= 4 is 17.2 Å². The molecular formula is C12H19NO2S. The normalized spacial score (nSPS) is 13.6. The van der Waals surface area contributed by atoms with E-state index < -0.39 is 0 Å². The van der Waals surface area contributed by atoms with Crippen LogP contribution in [0.2, 0.25) is 0 Å². The Bertz CT molecular complexity index is 365. The zero-order chi connectivity index (χ0) is 12.3. The van der Waals surface area contributed by atoms with Gasteiger partial charge in [0.1, 0.15) is 0 Å². The molecule has 0 aromatic carbocycles. The fraction of sp³-hybridized carbons (Fsp3) is 0.583. The Labute approximate surface area is 100 Å². The van der Waals surface area contributed by atoms with Crippen LogP contribution in [0.5, 0.6) is 0 Å². The van der Waals surface area contributed by atoms with Gasteiger partial charge in [-0.3, -0.25) is 4.79 Å². The number of carbonyl (C=O) groups is 1. The third-order valence-corrected chi connectivity index (χ3v) is 3.34. The van der Waals surface area contributed by atoms with Crippen LogP contribution in [-0.4, -0.2) is 11.0 Å². The van der Waals surface area contributed by atoms with Crippen LogP contribution < -0.4 is 5.32 Å². The van der Waals surface area contributed by atoms with E-state index in [1.807, 2.05) is 39.1 Å². The molecule has 0 radical (unpaired) electrons. The average molecular weight is 241 g/mol. The molecule has 3 nitrogen and oxygen atoms in total. The highest BCUT2D eigenvalue weighted by Crippen LogP contribution is 2.24. The number of nitrogens with one attached hydrogen (secondary N) is 1. The smallest absolute Gasteiger partial charge is 0.225 e. The molecule has 4 heteroatoms. The van der Waals surface area contributed by atoms with Crippen LogP contribution in [0.3, 0.4) is 0 Å². The maximum absolute atomic E-state index is 11.8. The Balaban J connectivity index is 2.73. The Morgan fingerprint density at radius 3 is 2.69 bits per heavy atom. The summed E-state index contributed by atoms with van der Waals surface area (Å²) in [5.74, 6) is 0.0232. The van der Waals surface area contributed by atoms with Gasteiger partial charge in [-0.15, -0.1) is 11.3 Å². The molecule has 1 heterocycles. The van der Waals surface area contributed by atoms with Crippen molar-refractivity contribution in [2.24, 2.45) is 5.41 Å². The Morgan fingerprint density at radius 1 is 1.56 bits per heavy atom. The maximum Gasteiger partial charge on any atom is 0.225 e. The van der Waals surface area contributed by atoms with Gasteiger partial charge in [0, 0.05) is 10.3 Å². The van der Waals surface area contributed by atoms with Gasteiger partial charge >= 0.3 is 0 Å². The molecule has 1 rings (SSSR count). The first-order valence-corrected chi connectivity index (χ1v) is 6.22. The third kappa shape index (κ3) is 3.06. The molecule has 0 bridgehead atoms. The summed E-state index contributed by atoms with van der Waals surface area (Å²) in [6.07, 6.45) is 0. The van der Waals surface area contributed by atoms with Crippen molar-refractivity contribution < 1.29 is 9.90 Å². The van der Waals surface area contributed by atoms with Gasteiger partial charge in [0.25, 0.3) is 0 Å². The minimum absolute atomic E-state index is 0.0232. The molecular weight excluding hydrogens is 222 g/mol. The molecule has 1 aromatic heterocycles. The van der Waals surface area contributed by atoms with Crippen LogP contribution in [0.1, 0.15) is 44.2 Å². The first kappa shape index (κ1) is 13.2. The number of rotatable bonds is 3. The highest BCUT2D eigenvalue weighted by Gasteiger charge is 2.23. The van der Waals surface area contributed by atoms with E-state index in [1.54, 1.807) is 0 Å². The number of thiophene rings is 1. The minimum Gasteiger partial charge on any atom is -0.391 e. The average Bonchev–Trinajstić information content (AvgIpc) is 2.63. The molecule has 90 valence electrons. The molecule has 0 aliphatic heterocycles. The summed E-state index contributed by atoms with van der Waals surface area (Å²) >= 11 is 1.51. The first-order chi connectivity index (χ1) is 7.36. The van der Waals surface area contributed by atoms with Crippen LogP contribution in [0.4, 0.5) is 0 Å². The van der Waals surface area contributed by atoms with Gasteiger partial charge in [-0.1, -0.05) is 20.8 Å². The van der Waals surface area contributed by atoms with Crippen molar-refractivity contribution in [3.8, 4) is 0 Å². The van der Waals surface area contributed by atoms with E-state index in [4.69, 9.17) is 5.11 Å². The molecule has 1 aromatic rings. The Hall–Kier alpha value is -0.870. The van der Waals surface area contributed by atoms with Gasteiger partial charge in [0.05, 0.1) is 12.6 Å². The molecule has 0 aliphatic rings. The monoisotopic (exact) mass is 241 g/mol. The Kier molecular flexibility index (Phi) is 4.10. The van der Waals surface area contributed by atoms with E-state index in [2.05, 4.69) is 5.32 Å². The van der Waals surface area contributed by atoms with Gasteiger partial charge in [-0.05, 0) is 23.9 Å². The number of hydrogen-bond acceptors (Lipinski definition) is 3. The summed E-state index contributed by atoms with van der Waals surface area (Å²) in [5, 5.41) is 14.0. The van der Waals surface area contributed by atoms with Crippen LogP contribution in [0, 0.1) is 5.41 Å². The topological polar surface area (TPSA) is 49.3 Å². The molecule has 0 aliphatic carbocycles. The molecule has 0 saturated carbocycles. The summed E-state index contributed by atoms with van der Waals surface area (Å²) in [5.41, 5.74) is 0.619. The summed E-state index contributed by atoms with van der Waals surface area (Å²) in [4.78, 5) is 12.7. The number of amides is 1. The Morgan fingerprint density at radius 2 is 2.19 bits per heavy atom. The van der Waals surface area contributed by atoms with Gasteiger partial charge in [0.2, 0.25) is 5.91 Å². The third-order valence-electron chi connectivity index (χ3n) is 2.42. The van der Waals surface area contributed by atoms with E-state index in [-0.39, 0.29) is 24.0 Å². The maximum atomic E-state index is 11.8. The highest BCUT2D eigenvalue weighted by atomic mass is 32.1. The van der Waals surface area contributed by atoms with E-state index in [1.165, 1.54) is 11.3 Å². The van der Waals surface area contributed by atoms with Gasteiger partial charge < -0.3 is 10.4 Å². The van der Waals surface area contributed by atoms with Crippen LogP contribution in [0.25, 0.3) is 0 Å². The van der Waals surface area contributed by atoms with Crippen LogP contribution in [-0.2, 0) is 11.4 Å². The zero-order valence-corrected chi connectivity index (χ0v) is 11.0. The van der Waals surface area contributed by atoms with E-state index in [9.17, 15) is 4.79 Å². The molecule has 1 amide bonds. The molecule has 1 unspecified atom stereocenters. The standard InChI is InChI=1S/C12H19NO2S/c1-8(13-11(15)12(2,3)4)9-5-6-16-10(9)7-14/h5-6,8,14H,7H2,1-4H3,(H,13,15). The summed E-state index contributed by atoms with van der Waals surface area (Å²) in [6.45, 7) is 7.62. The van der Waals surface area contributed by atoms with Crippen molar-refractivity contribution in [1.82, 2.24) is 5.32 Å². The molecule has 0 fully saturated rings. The molecule has 16 heavy (non-hydrogen) atoms. The first-order valence-electron chi connectivity index (χ1n) is 5.34. The molecule has 0 spiro atoms. The second-order valence-corrected chi connectivity index (χ2v) is 5.90. The lowest BCUT2D eigenvalue weighted by molar-refractivity contribution is -0.129. The summed E-state index contributed by atoms with van der Waals surface area (Å²) in [6, 6.07) is 1.89. The van der Waals surface area contributed by atoms with Crippen molar-refractivity contribution in [2.75, 3.05) is 0 Å². The second kappa shape index (κ2) is 4.97. The number of aliphatic hydroxyl groups excluding tert-OH is 1. The highest BCUT2D eigenvalue weighted by molar-refractivity contribution is 7.10. The van der Waals surface area contributed by atoms with Gasteiger partial charge in [0.15, 0.2) is 0 Å². The molecule has 1 atom stereocenters. The number of aliphatic hydroxyl groups is 1. The predicted octanol–water partition coefficient (Wildman–Crippen LogP) is 2.46. The zero-order valence-electron chi connectivity index (χ0n) is 10.2. The van der Waals surface area contributed by atoms with Crippen molar-refractivity contribution in [2.45, 2.75) is 40.3 Å². The van der Waals surface area contributed by atoms with E-state index in [0.29, 0.717) is 0 Å². The minimum atomic E-state index is -0.385. The van der Waals surface area contributed by atoms with Gasteiger partial charge in [-0.2, -0.15) is 0 Å². The fourth-order valence-corrected chi connectivity index (χ4v) is 2.19. The van der Waals surface area contributed by atoms with Crippen LogP contribution >= 0.6 is 11.3 Å². The summed E-state index contributed by atoms with van der Waals surface area (Å²) in [7, 11) is 0. The fourth-order valence-electron chi connectivity index (χ4n) is 1.36. The lowest BCUT2D eigenvalue weighted by Gasteiger charge is -2.22. The quantitative estimate of drug-likeness (QED) is 0.854. The van der Waals surface area contributed by atoms with E-state index in [0.717, 1.165) is 10.4 Å². The summed E-state index contributed by atoms with van der Waals surface area (Å²) < 4.78 is 0. The van der Waals surface area contributed by atoms with E-state index >= 15 is 0 Å². The SMILES string of the molecule is CC(NC(=O)C(C)(C)C)c1ccsc1CO. The molecule has 0 saturated heterocycles. The van der Waals surface area contributed by atoms with Crippen LogP contribution in [0.15, 0.2) is 11.4 Å². The lowest BCUT2D eigenvalue weighted by Crippen LogP contribution is -2.36. The van der Waals surface area contributed by atoms with Gasteiger partial charge in [-0.25, -0.2) is 0 Å². The lowest BCUT2D eigenvalue weighted by atomic mass is 9.95.